The van der Waals surface area contributed by atoms with Crippen LogP contribution in [0.1, 0.15) is 67.7 Å². The Balaban J connectivity index is 2.01. The predicted molar refractivity (Wildman–Crippen MR) is 125 cm³/mol. The number of aliphatic hydroxyl groups excluding tert-OH is 1. The zero-order chi connectivity index (χ0) is 23.4. The van der Waals surface area contributed by atoms with E-state index in [9.17, 15) is 14.7 Å². The van der Waals surface area contributed by atoms with Gasteiger partial charge in [0.1, 0.15) is 12.4 Å². The summed E-state index contributed by atoms with van der Waals surface area (Å²) in [7, 11) is 0. The van der Waals surface area contributed by atoms with Crippen LogP contribution in [0.15, 0.2) is 47.2 Å². The maximum absolute atomic E-state index is 12.5. The van der Waals surface area contributed by atoms with Crippen molar-refractivity contribution in [3.63, 3.8) is 0 Å². The molecule has 1 unspecified atom stereocenters. The van der Waals surface area contributed by atoms with Gasteiger partial charge in [0.2, 0.25) is 5.91 Å². The number of anilines is 1. The molecule has 1 aliphatic carbocycles. The molecule has 5 heteroatoms. The Hall–Kier alpha value is -2.56. The molecule has 0 saturated heterocycles. The molecular formula is C26H37NO4. The second-order valence-corrected chi connectivity index (χ2v) is 10.5. The zero-order valence-corrected chi connectivity index (χ0v) is 20.0. The molecule has 1 aromatic carbocycles. The second-order valence-electron chi connectivity index (χ2n) is 10.5. The average Bonchev–Trinajstić information content (AvgIpc) is 2.64. The first-order chi connectivity index (χ1) is 14.3. The van der Waals surface area contributed by atoms with Crippen LogP contribution < -0.4 is 10.1 Å². The van der Waals surface area contributed by atoms with Crippen molar-refractivity contribution in [3.8, 4) is 5.75 Å². The van der Waals surface area contributed by atoms with E-state index in [2.05, 4.69) is 52.9 Å². The molecule has 5 nitrogen and oxygen atoms in total. The molecule has 2 rings (SSSR count). The quantitative estimate of drug-likeness (QED) is 0.541. The third-order valence-corrected chi connectivity index (χ3v) is 5.53. The molecule has 2 N–H and O–H groups in total. The van der Waals surface area contributed by atoms with Crippen LogP contribution in [-0.2, 0) is 9.59 Å². The van der Waals surface area contributed by atoms with Crippen LogP contribution in [0.2, 0.25) is 0 Å². The Labute approximate surface area is 186 Å². The van der Waals surface area contributed by atoms with Crippen molar-refractivity contribution in [2.45, 2.75) is 67.7 Å². The van der Waals surface area contributed by atoms with Crippen molar-refractivity contribution in [1.29, 1.82) is 0 Å². The van der Waals surface area contributed by atoms with E-state index in [-0.39, 0.29) is 35.0 Å². The highest BCUT2D eigenvalue weighted by Gasteiger charge is 2.36. The first kappa shape index (κ1) is 24.7. The lowest BCUT2D eigenvalue weighted by Crippen LogP contribution is -2.29. The van der Waals surface area contributed by atoms with Crippen molar-refractivity contribution in [3.05, 3.63) is 47.2 Å². The van der Waals surface area contributed by atoms with Gasteiger partial charge >= 0.3 is 0 Å². The van der Waals surface area contributed by atoms with Gasteiger partial charge in [-0.15, -0.1) is 0 Å². The zero-order valence-electron chi connectivity index (χ0n) is 20.0. The van der Waals surface area contributed by atoms with Gasteiger partial charge < -0.3 is 15.2 Å². The lowest BCUT2D eigenvalue weighted by Gasteiger charge is -2.37. The monoisotopic (exact) mass is 427 g/mol. The number of carbonyl (C=O) groups is 2. The largest absolute Gasteiger partial charge is 0.512 e. The molecular weight excluding hydrogens is 390 g/mol. The number of rotatable bonds is 7. The standard InChI is InChI=1S/C26H37NO4/c1-17(28)16-31-20-11-9-19(10-12-20)27-23(29)13-8-18-14-21(25(2,3)4)24(30)22(15-18)26(5,6)7/h9-12,14,22,30H,8,13,15-16H2,1-7H3,(H,27,29). The minimum atomic E-state index is -0.159. The van der Waals surface area contributed by atoms with E-state index in [1.54, 1.807) is 24.3 Å². The van der Waals surface area contributed by atoms with Crippen LogP contribution in [0, 0.1) is 16.7 Å². The molecule has 0 fully saturated rings. The molecule has 0 bridgehead atoms. The van der Waals surface area contributed by atoms with Gasteiger partial charge in [0.05, 0.1) is 5.76 Å². The molecule has 0 heterocycles. The molecule has 1 aliphatic rings. The molecule has 1 atom stereocenters. The van der Waals surface area contributed by atoms with E-state index in [1.165, 1.54) is 12.5 Å². The number of aliphatic hydroxyl groups is 1. The number of nitrogens with one attached hydrogen (secondary N) is 1. The Kier molecular flexibility index (Phi) is 7.74. The summed E-state index contributed by atoms with van der Waals surface area (Å²) in [4.78, 5) is 23.5. The van der Waals surface area contributed by atoms with Crippen LogP contribution in [-0.4, -0.2) is 23.4 Å². The lowest BCUT2D eigenvalue weighted by atomic mass is 9.68. The third-order valence-electron chi connectivity index (χ3n) is 5.53. The highest BCUT2D eigenvalue weighted by molar-refractivity contribution is 5.90. The number of hydrogen-bond donors (Lipinski definition) is 2. The van der Waals surface area contributed by atoms with E-state index in [0.29, 0.717) is 30.0 Å². The summed E-state index contributed by atoms with van der Waals surface area (Å²) in [5.41, 5.74) is 2.64. The van der Waals surface area contributed by atoms with Crippen molar-refractivity contribution < 1.29 is 19.4 Å². The van der Waals surface area contributed by atoms with E-state index >= 15 is 0 Å². The van der Waals surface area contributed by atoms with Crippen LogP contribution >= 0.6 is 0 Å². The van der Waals surface area contributed by atoms with Gasteiger partial charge in [-0.05, 0) is 60.4 Å². The average molecular weight is 428 g/mol. The molecule has 170 valence electrons. The Morgan fingerprint density at radius 3 is 2.23 bits per heavy atom. The van der Waals surface area contributed by atoms with E-state index in [0.717, 1.165) is 12.0 Å². The molecule has 0 saturated carbocycles. The summed E-state index contributed by atoms with van der Waals surface area (Å²) in [6.07, 6.45) is 3.89. The van der Waals surface area contributed by atoms with Gasteiger partial charge in [0.25, 0.3) is 0 Å². The summed E-state index contributed by atoms with van der Waals surface area (Å²) >= 11 is 0. The summed E-state index contributed by atoms with van der Waals surface area (Å²) in [6.45, 7) is 14.3. The first-order valence-electron chi connectivity index (χ1n) is 10.9. The van der Waals surface area contributed by atoms with Crippen molar-refractivity contribution in [2.24, 2.45) is 16.7 Å². The molecule has 1 amide bonds. The fourth-order valence-electron chi connectivity index (χ4n) is 3.69. The Morgan fingerprint density at radius 1 is 1.10 bits per heavy atom. The summed E-state index contributed by atoms with van der Waals surface area (Å²) in [6, 6.07) is 7.00. The van der Waals surface area contributed by atoms with Crippen LogP contribution in [0.3, 0.4) is 0 Å². The van der Waals surface area contributed by atoms with Crippen molar-refractivity contribution in [2.75, 3.05) is 11.9 Å². The Morgan fingerprint density at radius 2 is 1.71 bits per heavy atom. The predicted octanol–water partition coefficient (Wildman–Crippen LogP) is 6.22. The minimum absolute atomic E-state index is 0.0386. The fraction of sp³-hybridized carbons (Fsp3) is 0.538. The second kappa shape index (κ2) is 9.71. The number of hydrogen-bond acceptors (Lipinski definition) is 4. The fourth-order valence-corrected chi connectivity index (χ4v) is 3.69. The smallest absolute Gasteiger partial charge is 0.224 e. The molecule has 1 aromatic rings. The van der Waals surface area contributed by atoms with Gasteiger partial charge in [-0.25, -0.2) is 0 Å². The maximum Gasteiger partial charge on any atom is 0.224 e. The number of allylic oxidation sites excluding steroid dienone is 4. The molecule has 0 spiro atoms. The normalized spacial score (nSPS) is 17.3. The highest BCUT2D eigenvalue weighted by atomic mass is 16.5. The lowest BCUT2D eigenvalue weighted by molar-refractivity contribution is -0.119. The van der Waals surface area contributed by atoms with E-state index in [4.69, 9.17) is 4.74 Å². The van der Waals surface area contributed by atoms with Gasteiger partial charge in [-0.1, -0.05) is 53.2 Å². The number of ether oxygens (including phenoxy) is 1. The molecule has 0 radical (unpaired) electrons. The highest BCUT2D eigenvalue weighted by Crippen LogP contribution is 2.45. The number of benzene rings is 1. The first-order valence-corrected chi connectivity index (χ1v) is 10.9. The van der Waals surface area contributed by atoms with Crippen molar-refractivity contribution in [1.82, 2.24) is 0 Å². The number of ketones is 1. The van der Waals surface area contributed by atoms with Gasteiger partial charge in [-0.3, -0.25) is 9.59 Å². The summed E-state index contributed by atoms with van der Waals surface area (Å²) in [5.74, 6) is 1.03. The van der Waals surface area contributed by atoms with Crippen LogP contribution in [0.5, 0.6) is 5.75 Å². The van der Waals surface area contributed by atoms with Gasteiger partial charge in [-0.2, -0.15) is 0 Å². The third kappa shape index (κ3) is 7.27. The van der Waals surface area contributed by atoms with Gasteiger partial charge in [0, 0.05) is 18.0 Å². The van der Waals surface area contributed by atoms with E-state index < -0.39 is 0 Å². The topological polar surface area (TPSA) is 75.6 Å². The summed E-state index contributed by atoms with van der Waals surface area (Å²) < 4.78 is 5.34. The van der Waals surface area contributed by atoms with Crippen LogP contribution in [0.25, 0.3) is 0 Å². The maximum atomic E-state index is 12.5. The van der Waals surface area contributed by atoms with E-state index in [1.807, 2.05) is 0 Å². The number of Topliss-reactive ketones (excluding diaryl/α,β-unsaturated/α-hetero) is 1. The number of amides is 1. The van der Waals surface area contributed by atoms with Gasteiger partial charge in [0.15, 0.2) is 5.78 Å². The number of carbonyl (C=O) groups excluding carboxylic acids is 2. The minimum Gasteiger partial charge on any atom is -0.512 e. The van der Waals surface area contributed by atoms with Crippen molar-refractivity contribution >= 4 is 17.4 Å². The van der Waals surface area contributed by atoms with Crippen LogP contribution in [0.4, 0.5) is 5.69 Å². The molecule has 31 heavy (non-hydrogen) atoms. The molecule has 0 aromatic heterocycles. The SMILES string of the molecule is CC(=O)COc1ccc(NC(=O)CCC2=CC(C(C)(C)C)=C(O)C(C(C)(C)C)C2)cc1. The molecule has 0 aliphatic heterocycles. The summed E-state index contributed by atoms with van der Waals surface area (Å²) in [5, 5.41) is 13.8. The Bertz CT molecular complexity index is 864.